The Labute approximate surface area is 108 Å². The fraction of sp³-hybridized carbons (Fsp3) is 0.538. The molecule has 0 spiro atoms. The van der Waals surface area contributed by atoms with E-state index in [9.17, 15) is 4.79 Å². The summed E-state index contributed by atoms with van der Waals surface area (Å²) < 4.78 is 0. The number of carboxylic acid groups (broad SMARTS) is 1. The van der Waals surface area contributed by atoms with Crippen LogP contribution in [0.3, 0.4) is 0 Å². The highest BCUT2D eigenvalue weighted by Crippen LogP contribution is 2.17. The number of pyridine rings is 1. The van der Waals surface area contributed by atoms with Gasteiger partial charge in [0, 0.05) is 18.8 Å². The summed E-state index contributed by atoms with van der Waals surface area (Å²) in [6, 6.07) is 1.69. The van der Waals surface area contributed by atoms with Crippen LogP contribution in [0.4, 0.5) is 5.69 Å². The second kappa shape index (κ2) is 6.35. The van der Waals surface area contributed by atoms with Gasteiger partial charge in [0.1, 0.15) is 0 Å². The van der Waals surface area contributed by atoms with E-state index in [-0.39, 0.29) is 11.6 Å². The third-order valence-corrected chi connectivity index (χ3v) is 2.76. The van der Waals surface area contributed by atoms with Crippen molar-refractivity contribution in [3.8, 4) is 0 Å². The third-order valence-electron chi connectivity index (χ3n) is 2.76. The van der Waals surface area contributed by atoms with E-state index in [4.69, 9.17) is 5.11 Å². The van der Waals surface area contributed by atoms with E-state index >= 15 is 0 Å². The van der Waals surface area contributed by atoms with Crippen molar-refractivity contribution >= 4 is 11.7 Å². The van der Waals surface area contributed by atoms with Gasteiger partial charge in [-0.2, -0.15) is 0 Å². The number of aromatic nitrogens is 1. The van der Waals surface area contributed by atoms with Crippen molar-refractivity contribution in [2.75, 3.05) is 26.0 Å². The van der Waals surface area contributed by atoms with Crippen LogP contribution in [0.5, 0.6) is 0 Å². The van der Waals surface area contributed by atoms with Crippen molar-refractivity contribution in [3.05, 3.63) is 24.0 Å². The minimum absolute atomic E-state index is 0.183. The summed E-state index contributed by atoms with van der Waals surface area (Å²) in [6.45, 7) is 5.06. The molecule has 2 N–H and O–H groups in total. The van der Waals surface area contributed by atoms with Crippen LogP contribution in [0.1, 0.15) is 24.2 Å². The quantitative estimate of drug-likeness (QED) is 0.806. The molecule has 0 aliphatic carbocycles. The first-order valence-electron chi connectivity index (χ1n) is 6.00. The number of likely N-dealkylation sites (N-methyl/N-ethyl adjacent to an activating group) is 1. The summed E-state index contributed by atoms with van der Waals surface area (Å²) >= 11 is 0. The Morgan fingerprint density at radius 2 is 2.17 bits per heavy atom. The molecule has 0 fully saturated rings. The molecule has 1 aromatic heterocycles. The number of aromatic carboxylic acids is 1. The number of carboxylic acids is 1. The lowest BCUT2D eigenvalue weighted by atomic mass is 10.0. The number of anilines is 1. The van der Waals surface area contributed by atoms with Crippen LogP contribution in [0.25, 0.3) is 0 Å². The second-order valence-corrected chi connectivity index (χ2v) is 4.98. The van der Waals surface area contributed by atoms with Gasteiger partial charge >= 0.3 is 5.97 Å². The number of rotatable bonds is 6. The highest BCUT2D eigenvalue weighted by atomic mass is 16.4. The highest BCUT2D eigenvalue weighted by Gasteiger charge is 2.17. The molecule has 18 heavy (non-hydrogen) atoms. The number of carbonyl (C=O) groups is 1. The maximum absolute atomic E-state index is 11.1. The zero-order chi connectivity index (χ0) is 13.7. The van der Waals surface area contributed by atoms with Crippen molar-refractivity contribution in [1.82, 2.24) is 9.88 Å². The molecular weight excluding hydrogens is 230 g/mol. The van der Waals surface area contributed by atoms with E-state index in [1.54, 1.807) is 6.20 Å². The van der Waals surface area contributed by atoms with Crippen LogP contribution < -0.4 is 5.32 Å². The predicted octanol–water partition coefficient (Wildman–Crippen LogP) is 1.78. The van der Waals surface area contributed by atoms with Crippen molar-refractivity contribution in [2.24, 2.45) is 5.92 Å². The molecule has 0 aliphatic heterocycles. The molecule has 1 rings (SSSR count). The average molecular weight is 251 g/mol. The first-order valence-corrected chi connectivity index (χ1v) is 6.00. The van der Waals surface area contributed by atoms with Gasteiger partial charge in [0.25, 0.3) is 0 Å². The van der Waals surface area contributed by atoms with Crippen molar-refractivity contribution in [2.45, 2.75) is 19.9 Å². The average Bonchev–Trinajstić information content (AvgIpc) is 2.27. The lowest BCUT2D eigenvalue weighted by Gasteiger charge is -2.27. The van der Waals surface area contributed by atoms with E-state index in [1.807, 2.05) is 14.1 Å². The molecule has 1 atom stereocenters. The van der Waals surface area contributed by atoms with E-state index in [0.29, 0.717) is 11.6 Å². The molecule has 1 aromatic rings. The Hall–Kier alpha value is -1.62. The highest BCUT2D eigenvalue weighted by molar-refractivity contribution is 5.93. The fourth-order valence-corrected chi connectivity index (χ4v) is 1.71. The normalized spacial score (nSPS) is 12.8. The topological polar surface area (TPSA) is 65.5 Å². The lowest BCUT2D eigenvalue weighted by Crippen LogP contribution is -2.36. The molecule has 5 nitrogen and oxygen atoms in total. The number of hydrogen-bond donors (Lipinski definition) is 2. The third kappa shape index (κ3) is 4.00. The smallest absolute Gasteiger partial charge is 0.337 e. The van der Waals surface area contributed by atoms with E-state index in [2.05, 4.69) is 29.0 Å². The molecule has 0 aliphatic rings. The zero-order valence-corrected chi connectivity index (χ0v) is 11.3. The van der Waals surface area contributed by atoms with E-state index in [0.717, 1.165) is 6.54 Å². The standard InChI is InChI=1S/C13H21N3O2/c1-9(2)12(8-16(3)4)15-11-7-14-6-5-10(11)13(17)18/h5-7,9,12,15H,8H2,1-4H3,(H,17,18). The lowest BCUT2D eigenvalue weighted by molar-refractivity contribution is 0.0697. The van der Waals surface area contributed by atoms with E-state index in [1.165, 1.54) is 12.3 Å². The van der Waals surface area contributed by atoms with Gasteiger partial charge in [0.05, 0.1) is 17.4 Å². The maximum Gasteiger partial charge on any atom is 0.337 e. The van der Waals surface area contributed by atoms with Gasteiger partial charge in [-0.25, -0.2) is 4.79 Å². The summed E-state index contributed by atoms with van der Waals surface area (Å²) in [5.41, 5.74) is 0.833. The molecule has 0 amide bonds. The van der Waals surface area contributed by atoms with Crippen molar-refractivity contribution in [1.29, 1.82) is 0 Å². The van der Waals surface area contributed by atoms with Crippen LogP contribution >= 0.6 is 0 Å². The number of hydrogen-bond acceptors (Lipinski definition) is 4. The first kappa shape index (κ1) is 14.4. The van der Waals surface area contributed by atoms with Crippen LogP contribution in [0.15, 0.2) is 18.5 Å². The molecule has 0 bridgehead atoms. The summed E-state index contributed by atoms with van der Waals surface area (Å²) in [6.07, 6.45) is 3.06. The molecule has 1 unspecified atom stereocenters. The monoisotopic (exact) mass is 251 g/mol. The zero-order valence-electron chi connectivity index (χ0n) is 11.3. The minimum atomic E-state index is -0.938. The summed E-state index contributed by atoms with van der Waals surface area (Å²) in [5.74, 6) is -0.540. The SMILES string of the molecule is CC(C)C(CN(C)C)Nc1cnccc1C(=O)O. The van der Waals surface area contributed by atoms with Crippen LogP contribution in [0.2, 0.25) is 0 Å². The Balaban J connectivity index is 2.90. The largest absolute Gasteiger partial charge is 0.478 e. The van der Waals surface area contributed by atoms with Crippen LogP contribution in [-0.4, -0.2) is 47.6 Å². The van der Waals surface area contributed by atoms with Gasteiger partial charge in [0.15, 0.2) is 0 Å². The molecular formula is C13H21N3O2. The molecule has 5 heteroatoms. The van der Waals surface area contributed by atoms with Gasteiger partial charge in [-0.1, -0.05) is 13.8 Å². The Bertz CT molecular complexity index is 405. The molecule has 100 valence electrons. The second-order valence-electron chi connectivity index (χ2n) is 4.98. The number of nitrogens with zero attached hydrogens (tertiary/aromatic N) is 2. The van der Waals surface area contributed by atoms with Crippen molar-refractivity contribution < 1.29 is 9.90 Å². The van der Waals surface area contributed by atoms with Crippen LogP contribution in [0, 0.1) is 5.92 Å². The predicted molar refractivity (Wildman–Crippen MR) is 72.0 cm³/mol. The summed E-state index contributed by atoms with van der Waals surface area (Å²) in [4.78, 5) is 17.2. The van der Waals surface area contributed by atoms with Gasteiger partial charge in [-0.3, -0.25) is 4.98 Å². The van der Waals surface area contributed by atoms with Gasteiger partial charge in [0.2, 0.25) is 0 Å². The van der Waals surface area contributed by atoms with Gasteiger partial charge < -0.3 is 15.3 Å². The van der Waals surface area contributed by atoms with E-state index < -0.39 is 5.97 Å². The summed E-state index contributed by atoms with van der Waals surface area (Å²) in [7, 11) is 4.00. The Morgan fingerprint density at radius 1 is 1.50 bits per heavy atom. The molecule has 0 saturated heterocycles. The fourth-order valence-electron chi connectivity index (χ4n) is 1.71. The van der Waals surface area contributed by atoms with Gasteiger partial charge in [-0.05, 0) is 26.1 Å². The molecule has 1 heterocycles. The van der Waals surface area contributed by atoms with Crippen molar-refractivity contribution in [3.63, 3.8) is 0 Å². The first-order chi connectivity index (χ1) is 8.41. The minimum Gasteiger partial charge on any atom is -0.478 e. The van der Waals surface area contributed by atoms with Crippen LogP contribution in [-0.2, 0) is 0 Å². The number of nitrogens with one attached hydrogen (secondary N) is 1. The Morgan fingerprint density at radius 3 is 2.67 bits per heavy atom. The molecule has 0 aromatic carbocycles. The maximum atomic E-state index is 11.1. The Kier molecular flexibility index (Phi) is 5.09. The molecule has 0 saturated carbocycles. The van der Waals surface area contributed by atoms with Gasteiger partial charge in [-0.15, -0.1) is 0 Å². The molecule has 0 radical (unpaired) electrons. The summed E-state index contributed by atoms with van der Waals surface area (Å²) in [5, 5.41) is 12.4.